The quantitative estimate of drug-likeness (QED) is 0.896. The van der Waals surface area contributed by atoms with Gasteiger partial charge >= 0.3 is 12.0 Å². The molecule has 0 spiro atoms. The Labute approximate surface area is 136 Å². The van der Waals surface area contributed by atoms with E-state index in [1.54, 1.807) is 4.90 Å². The number of carbonyl (C=O) groups excluding carboxylic acids is 1. The predicted molar refractivity (Wildman–Crippen MR) is 87.5 cm³/mol. The molecule has 1 aromatic rings. The largest absolute Gasteiger partial charge is 0.481 e. The molecule has 2 fully saturated rings. The van der Waals surface area contributed by atoms with Gasteiger partial charge in [-0.2, -0.15) is 0 Å². The van der Waals surface area contributed by atoms with Crippen LogP contribution in [0.2, 0.25) is 0 Å². The number of rotatable bonds is 4. The summed E-state index contributed by atoms with van der Waals surface area (Å²) in [6.45, 7) is 5.69. The van der Waals surface area contributed by atoms with Gasteiger partial charge in [-0.3, -0.25) is 4.79 Å². The first-order valence-electron chi connectivity index (χ1n) is 8.25. The summed E-state index contributed by atoms with van der Waals surface area (Å²) in [6.07, 6.45) is 2.73. The highest BCUT2D eigenvalue weighted by atomic mass is 16.4. The van der Waals surface area contributed by atoms with Crippen LogP contribution in [0.1, 0.15) is 36.0 Å². The van der Waals surface area contributed by atoms with E-state index in [2.05, 4.69) is 37.4 Å². The third kappa shape index (κ3) is 3.19. The van der Waals surface area contributed by atoms with Gasteiger partial charge in [0.1, 0.15) is 0 Å². The summed E-state index contributed by atoms with van der Waals surface area (Å²) in [5.74, 6) is -1.23. The first kappa shape index (κ1) is 15.8. The van der Waals surface area contributed by atoms with E-state index in [0.29, 0.717) is 26.1 Å². The van der Waals surface area contributed by atoms with Crippen LogP contribution in [0.5, 0.6) is 0 Å². The predicted octanol–water partition coefficient (Wildman–Crippen LogP) is 2.45. The molecule has 1 aliphatic carbocycles. The number of hydrogen-bond acceptors (Lipinski definition) is 2. The molecule has 5 nitrogen and oxygen atoms in total. The highest BCUT2D eigenvalue weighted by Gasteiger charge is 2.45. The second-order valence-electron chi connectivity index (χ2n) is 7.03. The van der Waals surface area contributed by atoms with Crippen LogP contribution in [0.4, 0.5) is 4.79 Å². The second kappa shape index (κ2) is 5.87. The lowest BCUT2D eigenvalue weighted by atomic mass is 9.91. The van der Waals surface area contributed by atoms with Crippen LogP contribution < -0.4 is 5.32 Å². The number of carboxylic acid groups (broad SMARTS) is 1. The fraction of sp³-hybridized carbons (Fsp3) is 0.556. The topological polar surface area (TPSA) is 69.6 Å². The van der Waals surface area contributed by atoms with Crippen molar-refractivity contribution in [1.82, 2.24) is 10.2 Å². The number of benzene rings is 1. The maximum absolute atomic E-state index is 12.3. The Hall–Kier alpha value is -2.04. The van der Waals surface area contributed by atoms with Gasteiger partial charge in [-0.15, -0.1) is 0 Å². The Morgan fingerprint density at radius 1 is 1.35 bits per heavy atom. The normalized spacial score (nSPS) is 22.0. The minimum absolute atomic E-state index is 0.0688. The lowest BCUT2D eigenvalue weighted by Gasteiger charge is -2.22. The average molecular weight is 316 g/mol. The molecule has 1 atom stereocenters. The van der Waals surface area contributed by atoms with Gasteiger partial charge in [0.15, 0.2) is 0 Å². The molecule has 1 unspecified atom stereocenters. The lowest BCUT2D eigenvalue weighted by molar-refractivity contribution is -0.141. The van der Waals surface area contributed by atoms with Crippen molar-refractivity contribution in [3.05, 3.63) is 34.9 Å². The molecule has 23 heavy (non-hydrogen) atoms. The molecule has 2 N–H and O–H groups in total. The van der Waals surface area contributed by atoms with Gasteiger partial charge in [0.05, 0.1) is 5.92 Å². The minimum Gasteiger partial charge on any atom is -0.481 e. The van der Waals surface area contributed by atoms with Gasteiger partial charge < -0.3 is 15.3 Å². The molecular weight excluding hydrogens is 292 g/mol. The van der Waals surface area contributed by atoms with Crippen LogP contribution in [0, 0.1) is 19.8 Å². The average Bonchev–Trinajstić information content (AvgIpc) is 3.10. The third-order valence-electron chi connectivity index (χ3n) is 5.21. The molecule has 0 radical (unpaired) electrons. The molecule has 3 rings (SSSR count). The molecule has 124 valence electrons. The molecule has 1 saturated heterocycles. The number of nitrogens with zero attached hydrogens (tertiary/aromatic N) is 1. The summed E-state index contributed by atoms with van der Waals surface area (Å²) in [5, 5.41) is 12.0. The fourth-order valence-electron chi connectivity index (χ4n) is 3.60. The van der Waals surface area contributed by atoms with E-state index in [9.17, 15) is 9.59 Å². The molecule has 1 aromatic carbocycles. The molecule has 1 heterocycles. The first-order valence-corrected chi connectivity index (χ1v) is 8.25. The smallest absolute Gasteiger partial charge is 0.317 e. The maximum Gasteiger partial charge on any atom is 0.317 e. The summed E-state index contributed by atoms with van der Waals surface area (Å²) in [7, 11) is 0. The van der Waals surface area contributed by atoms with Crippen molar-refractivity contribution in [3.63, 3.8) is 0 Å². The van der Waals surface area contributed by atoms with Crippen molar-refractivity contribution in [2.75, 3.05) is 19.6 Å². The standard InChI is InChI=1S/C18H24N2O3/c1-12-3-4-15(13(2)9-12)18(6-7-18)11-19-17(23)20-8-5-14(10-20)16(21)22/h3-4,9,14H,5-8,10-11H2,1-2H3,(H,19,23)(H,21,22). The number of amides is 2. The van der Waals surface area contributed by atoms with E-state index < -0.39 is 11.9 Å². The highest BCUT2D eigenvalue weighted by molar-refractivity contribution is 5.77. The van der Waals surface area contributed by atoms with E-state index >= 15 is 0 Å². The van der Waals surface area contributed by atoms with E-state index in [-0.39, 0.29) is 11.4 Å². The van der Waals surface area contributed by atoms with Crippen LogP contribution in [-0.4, -0.2) is 41.6 Å². The Morgan fingerprint density at radius 2 is 2.09 bits per heavy atom. The van der Waals surface area contributed by atoms with Crippen molar-refractivity contribution in [2.45, 2.75) is 38.5 Å². The zero-order chi connectivity index (χ0) is 16.6. The number of hydrogen-bond donors (Lipinski definition) is 2. The van der Waals surface area contributed by atoms with Crippen LogP contribution in [0.3, 0.4) is 0 Å². The Morgan fingerprint density at radius 3 is 2.65 bits per heavy atom. The molecule has 2 aliphatic rings. The van der Waals surface area contributed by atoms with Crippen LogP contribution in [0.15, 0.2) is 18.2 Å². The number of aryl methyl sites for hydroxylation is 2. The summed E-state index contributed by atoms with van der Waals surface area (Å²) in [4.78, 5) is 24.9. The van der Waals surface area contributed by atoms with Crippen molar-refractivity contribution in [3.8, 4) is 0 Å². The summed E-state index contributed by atoms with van der Waals surface area (Å²) in [5.41, 5.74) is 3.93. The molecule has 5 heteroatoms. The maximum atomic E-state index is 12.3. The number of urea groups is 1. The van der Waals surface area contributed by atoms with Gasteiger partial charge in [0.2, 0.25) is 0 Å². The van der Waals surface area contributed by atoms with Crippen LogP contribution >= 0.6 is 0 Å². The summed E-state index contributed by atoms with van der Waals surface area (Å²) in [6, 6.07) is 6.36. The van der Waals surface area contributed by atoms with Gasteiger partial charge in [-0.25, -0.2) is 4.79 Å². The van der Waals surface area contributed by atoms with Crippen molar-refractivity contribution < 1.29 is 14.7 Å². The molecule has 2 amide bonds. The number of likely N-dealkylation sites (tertiary alicyclic amines) is 1. The second-order valence-corrected chi connectivity index (χ2v) is 7.03. The Balaban J connectivity index is 1.60. The van der Waals surface area contributed by atoms with Crippen molar-refractivity contribution in [2.24, 2.45) is 5.92 Å². The summed E-state index contributed by atoms with van der Waals surface area (Å²) < 4.78 is 0. The minimum atomic E-state index is -0.811. The number of aliphatic carboxylic acids is 1. The van der Waals surface area contributed by atoms with Gasteiger partial charge in [0, 0.05) is 25.0 Å². The van der Waals surface area contributed by atoms with Gasteiger partial charge in [0.25, 0.3) is 0 Å². The van der Waals surface area contributed by atoms with Crippen LogP contribution in [-0.2, 0) is 10.2 Å². The SMILES string of the molecule is Cc1ccc(C2(CNC(=O)N3CCC(C(=O)O)C3)CC2)c(C)c1. The first-order chi connectivity index (χ1) is 10.9. The van der Waals surface area contributed by atoms with Crippen molar-refractivity contribution >= 4 is 12.0 Å². The zero-order valence-corrected chi connectivity index (χ0v) is 13.8. The Kier molecular flexibility index (Phi) is 4.04. The summed E-state index contributed by atoms with van der Waals surface area (Å²) >= 11 is 0. The monoisotopic (exact) mass is 316 g/mol. The van der Waals surface area contributed by atoms with E-state index in [1.807, 2.05) is 0 Å². The molecule has 0 bridgehead atoms. The fourth-order valence-corrected chi connectivity index (χ4v) is 3.60. The number of carboxylic acids is 1. The van der Waals surface area contributed by atoms with Gasteiger partial charge in [-0.05, 0) is 44.2 Å². The lowest BCUT2D eigenvalue weighted by Crippen LogP contribution is -2.42. The number of nitrogens with one attached hydrogen (secondary N) is 1. The number of carbonyl (C=O) groups is 2. The van der Waals surface area contributed by atoms with Crippen molar-refractivity contribution in [1.29, 1.82) is 0 Å². The molecule has 0 aromatic heterocycles. The van der Waals surface area contributed by atoms with E-state index in [0.717, 1.165) is 12.8 Å². The van der Waals surface area contributed by atoms with E-state index in [1.165, 1.54) is 16.7 Å². The molecule has 1 aliphatic heterocycles. The molecular formula is C18H24N2O3. The highest BCUT2D eigenvalue weighted by Crippen LogP contribution is 2.48. The zero-order valence-electron chi connectivity index (χ0n) is 13.8. The van der Waals surface area contributed by atoms with E-state index in [4.69, 9.17) is 5.11 Å². The molecule has 1 saturated carbocycles. The van der Waals surface area contributed by atoms with Gasteiger partial charge in [-0.1, -0.05) is 23.8 Å². The third-order valence-corrected chi connectivity index (χ3v) is 5.21. The van der Waals surface area contributed by atoms with Crippen LogP contribution in [0.25, 0.3) is 0 Å². The Bertz CT molecular complexity index is 637.